The van der Waals surface area contributed by atoms with Crippen molar-refractivity contribution in [1.82, 2.24) is 14.1 Å². The van der Waals surface area contributed by atoms with Crippen molar-refractivity contribution in [2.24, 2.45) is 0 Å². The molecule has 1 heterocycles. The molecule has 0 atom stereocenters. The van der Waals surface area contributed by atoms with Gasteiger partial charge in [0.15, 0.2) is 11.6 Å². The lowest BCUT2D eigenvalue weighted by atomic mass is 10.2. The highest BCUT2D eigenvalue weighted by Gasteiger charge is 2.14. The van der Waals surface area contributed by atoms with Gasteiger partial charge in [-0.2, -0.15) is 4.98 Å². The van der Waals surface area contributed by atoms with Crippen LogP contribution in [-0.4, -0.2) is 25.8 Å². The number of hydrogen-bond donors (Lipinski definition) is 2. The first-order valence-corrected chi connectivity index (χ1v) is 8.56. The molecule has 0 unspecified atom stereocenters. The van der Waals surface area contributed by atoms with Crippen LogP contribution in [0, 0.1) is 11.6 Å². The smallest absolute Gasteiger partial charge is 0.355 e. The van der Waals surface area contributed by atoms with E-state index in [2.05, 4.69) is 10.3 Å². The van der Waals surface area contributed by atoms with Crippen molar-refractivity contribution < 1.29 is 13.9 Å². The zero-order chi connectivity index (χ0) is 20.3. The Balaban J connectivity index is 2.08. The fourth-order valence-electron chi connectivity index (χ4n) is 2.53. The Labute approximate surface area is 162 Å². The maximum Gasteiger partial charge on any atom is 0.355 e. The fraction of sp³-hybridized carbons (Fsp3) is 0.167. The third-order valence-corrected chi connectivity index (χ3v) is 4.16. The lowest BCUT2D eigenvalue weighted by Gasteiger charge is -2.15. The molecule has 0 aliphatic heterocycles. The molecule has 0 aliphatic carbocycles. The van der Waals surface area contributed by atoms with Crippen LogP contribution in [0.15, 0.2) is 52.1 Å². The van der Waals surface area contributed by atoms with Gasteiger partial charge in [0.1, 0.15) is 0 Å². The van der Waals surface area contributed by atoms with E-state index in [4.69, 9.17) is 16.7 Å². The SMILES string of the molecule is O=c1nc(Nc2ccc(F)c(F)c2)n(Cc2ccc(Cl)cc2)c(=O)n1CCO. The highest BCUT2D eigenvalue weighted by atomic mass is 35.5. The molecule has 10 heteroatoms. The van der Waals surface area contributed by atoms with E-state index in [1.54, 1.807) is 24.3 Å². The molecular weight excluding hydrogens is 394 g/mol. The minimum atomic E-state index is -1.09. The van der Waals surface area contributed by atoms with Gasteiger partial charge >= 0.3 is 11.4 Å². The maximum absolute atomic E-state index is 13.5. The molecule has 146 valence electrons. The average molecular weight is 409 g/mol. The van der Waals surface area contributed by atoms with Crippen LogP contribution in [-0.2, 0) is 13.1 Å². The summed E-state index contributed by atoms with van der Waals surface area (Å²) in [5.41, 5.74) is -0.795. The summed E-state index contributed by atoms with van der Waals surface area (Å²) in [6.07, 6.45) is 0. The first-order chi connectivity index (χ1) is 13.4. The van der Waals surface area contributed by atoms with Gasteiger partial charge in [-0.25, -0.2) is 22.9 Å². The van der Waals surface area contributed by atoms with Gasteiger partial charge in [-0.1, -0.05) is 23.7 Å². The van der Waals surface area contributed by atoms with E-state index in [-0.39, 0.29) is 24.7 Å². The minimum Gasteiger partial charge on any atom is -0.395 e. The number of halogens is 3. The summed E-state index contributed by atoms with van der Waals surface area (Å²) in [4.78, 5) is 28.7. The first kappa shape index (κ1) is 19.7. The predicted octanol–water partition coefficient (Wildman–Crippen LogP) is 2.12. The van der Waals surface area contributed by atoms with Crippen LogP contribution in [0.1, 0.15) is 5.56 Å². The third-order valence-electron chi connectivity index (χ3n) is 3.90. The van der Waals surface area contributed by atoms with Gasteiger partial charge in [-0.05, 0) is 29.8 Å². The minimum absolute atomic E-state index is 0.0285. The standard InChI is InChI=1S/C18H15ClF2N4O3/c19-12-3-1-11(2-4-12)10-25-16(22-13-5-6-14(20)15(21)9-13)23-17(27)24(7-8-26)18(25)28/h1-6,9,26H,7-8,10H2,(H,22,23,27). The van der Waals surface area contributed by atoms with E-state index in [0.717, 1.165) is 21.3 Å². The molecule has 0 aliphatic rings. The normalized spacial score (nSPS) is 10.9. The lowest BCUT2D eigenvalue weighted by Crippen LogP contribution is -2.43. The van der Waals surface area contributed by atoms with Gasteiger partial charge in [0.2, 0.25) is 5.95 Å². The van der Waals surface area contributed by atoms with E-state index in [0.29, 0.717) is 10.6 Å². The molecule has 0 saturated heterocycles. The molecule has 0 spiro atoms. The zero-order valence-electron chi connectivity index (χ0n) is 14.4. The van der Waals surface area contributed by atoms with Gasteiger partial charge < -0.3 is 10.4 Å². The molecule has 0 fully saturated rings. The quantitative estimate of drug-likeness (QED) is 0.652. The average Bonchev–Trinajstić information content (AvgIpc) is 2.66. The van der Waals surface area contributed by atoms with E-state index >= 15 is 0 Å². The van der Waals surface area contributed by atoms with Crippen LogP contribution < -0.4 is 16.7 Å². The highest BCUT2D eigenvalue weighted by Crippen LogP contribution is 2.17. The molecule has 28 heavy (non-hydrogen) atoms. The van der Waals surface area contributed by atoms with Crippen LogP contribution >= 0.6 is 11.6 Å². The van der Waals surface area contributed by atoms with Gasteiger partial charge in [0.25, 0.3) is 0 Å². The largest absolute Gasteiger partial charge is 0.395 e. The topological polar surface area (TPSA) is 89.2 Å². The molecule has 0 saturated carbocycles. The van der Waals surface area contributed by atoms with Crippen LogP contribution in [0.4, 0.5) is 20.4 Å². The van der Waals surface area contributed by atoms with Crippen molar-refractivity contribution in [1.29, 1.82) is 0 Å². The van der Waals surface area contributed by atoms with E-state index in [9.17, 15) is 18.4 Å². The summed E-state index contributed by atoms with van der Waals surface area (Å²) >= 11 is 5.87. The molecule has 0 amide bonds. The number of anilines is 2. The predicted molar refractivity (Wildman–Crippen MR) is 100 cm³/mol. The second kappa shape index (κ2) is 8.32. The maximum atomic E-state index is 13.5. The van der Waals surface area contributed by atoms with Crippen LogP contribution in [0.25, 0.3) is 0 Å². The number of aliphatic hydroxyl groups excluding tert-OH is 1. The van der Waals surface area contributed by atoms with Crippen molar-refractivity contribution >= 4 is 23.2 Å². The molecule has 0 radical (unpaired) electrons. The molecule has 1 aromatic heterocycles. The molecule has 3 rings (SSSR count). The van der Waals surface area contributed by atoms with Crippen molar-refractivity contribution in [3.8, 4) is 0 Å². The van der Waals surface area contributed by atoms with Crippen molar-refractivity contribution in [2.75, 3.05) is 11.9 Å². The summed E-state index contributed by atoms with van der Waals surface area (Å²) in [5.74, 6) is -2.27. The van der Waals surface area contributed by atoms with Gasteiger partial charge in [-0.3, -0.25) is 4.57 Å². The lowest BCUT2D eigenvalue weighted by molar-refractivity contribution is 0.268. The van der Waals surface area contributed by atoms with Crippen molar-refractivity contribution in [2.45, 2.75) is 13.1 Å². The number of nitrogens with zero attached hydrogens (tertiary/aromatic N) is 3. The molecular formula is C18H15ClF2N4O3. The summed E-state index contributed by atoms with van der Waals surface area (Å²) < 4.78 is 28.6. The van der Waals surface area contributed by atoms with Crippen molar-refractivity contribution in [3.05, 3.63) is 85.7 Å². The summed E-state index contributed by atoms with van der Waals surface area (Å²) in [6, 6.07) is 9.70. The fourth-order valence-corrected chi connectivity index (χ4v) is 2.66. The molecule has 2 N–H and O–H groups in total. The Morgan fingerprint density at radius 2 is 1.75 bits per heavy atom. The molecule has 0 bridgehead atoms. The van der Waals surface area contributed by atoms with E-state index < -0.39 is 29.6 Å². The highest BCUT2D eigenvalue weighted by molar-refractivity contribution is 6.30. The molecule has 7 nitrogen and oxygen atoms in total. The number of aromatic nitrogens is 3. The first-order valence-electron chi connectivity index (χ1n) is 8.18. The molecule has 3 aromatic rings. The van der Waals surface area contributed by atoms with Gasteiger partial charge in [0.05, 0.1) is 19.7 Å². The number of aliphatic hydroxyl groups is 1. The number of benzene rings is 2. The number of nitrogens with one attached hydrogen (secondary N) is 1. The second-order valence-electron chi connectivity index (χ2n) is 5.84. The molecule has 2 aromatic carbocycles. The summed E-state index contributed by atoms with van der Waals surface area (Å²) in [7, 11) is 0. The Bertz CT molecular complexity index is 1110. The summed E-state index contributed by atoms with van der Waals surface area (Å²) in [5, 5.41) is 12.3. The zero-order valence-corrected chi connectivity index (χ0v) is 15.2. The van der Waals surface area contributed by atoms with Crippen LogP contribution in [0.2, 0.25) is 5.02 Å². The van der Waals surface area contributed by atoms with Crippen LogP contribution in [0.5, 0.6) is 0 Å². The Morgan fingerprint density at radius 1 is 1.04 bits per heavy atom. The van der Waals surface area contributed by atoms with E-state index in [1.807, 2.05) is 0 Å². The van der Waals surface area contributed by atoms with Gasteiger partial charge in [-0.15, -0.1) is 0 Å². The van der Waals surface area contributed by atoms with Crippen LogP contribution in [0.3, 0.4) is 0 Å². The summed E-state index contributed by atoms with van der Waals surface area (Å²) in [6.45, 7) is -0.620. The Kier molecular flexibility index (Phi) is 5.86. The van der Waals surface area contributed by atoms with E-state index in [1.165, 1.54) is 6.07 Å². The van der Waals surface area contributed by atoms with Gasteiger partial charge in [0, 0.05) is 16.8 Å². The number of rotatable bonds is 6. The van der Waals surface area contributed by atoms with Crippen molar-refractivity contribution in [3.63, 3.8) is 0 Å². The number of hydrogen-bond acceptors (Lipinski definition) is 5. The second-order valence-corrected chi connectivity index (χ2v) is 6.28. The third kappa shape index (κ3) is 4.26. The Morgan fingerprint density at radius 3 is 2.39 bits per heavy atom. The monoisotopic (exact) mass is 408 g/mol. The Hall–Kier alpha value is -3.04.